The standard InChI is InChI=1S/C13H15NO4/c1-18-13(17)9-4-5-10(11(15)7-9)14-12(16)6-8-2-3-8/h4-5,7-8,15H,2-3,6H2,1H3,(H,14,16). The lowest BCUT2D eigenvalue weighted by atomic mass is 10.2. The Morgan fingerprint density at radius 2 is 2.17 bits per heavy atom. The van der Waals surface area contributed by atoms with E-state index in [0.717, 1.165) is 12.8 Å². The highest BCUT2D eigenvalue weighted by Crippen LogP contribution is 2.33. The van der Waals surface area contributed by atoms with Crippen LogP contribution in [0.4, 0.5) is 5.69 Å². The van der Waals surface area contributed by atoms with Gasteiger partial charge < -0.3 is 15.2 Å². The van der Waals surface area contributed by atoms with Gasteiger partial charge >= 0.3 is 5.97 Å². The molecule has 1 amide bonds. The Balaban J connectivity index is 2.04. The summed E-state index contributed by atoms with van der Waals surface area (Å²) in [7, 11) is 1.27. The topological polar surface area (TPSA) is 75.6 Å². The number of nitrogens with one attached hydrogen (secondary N) is 1. The Labute approximate surface area is 105 Å². The molecule has 1 aliphatic carbocycles. The summed E-state index contributed by atoms with van der Waals surface area (Å²) in [5.41, 5.74) is 0.559. The number of hydrogen-bond acceptors (Lipinski definition) is 4. The number of rotatable bonds is 4. The van der Waals surface area contributed by atoms with Gasteiger partial charge in [-0.05, 0) is 37.0 Å². The Morgan fingerprint density at radius 1 is 1.44 bits per heavy atom. The van der Waals surface area contributed by atoms with E-state index in [1.807, 2.05) is 0 Å². The first-order valence-electron chi connectivity index (χ1n) is 5.81. The minimum Gasteiger partial charge on any atom is -0.506 e. The first-order valence-corrected chi connectivity index (χ1v) is 5.81. The summed E-state index contributed by atoms with van der Waals surface area (Å²) in [5, 5.41) is 12.3. The lowest BCUT2D eigenvalue weighted by Gasteiger charge is -2.08. The number of anilines is 1. The largest absolute Gasteiger partial charge is 0.506 e. The number of benzene rings is 1. The summed E-state index contributed by atoms with van der Waals surface area (Å²) in [4.78, 5) is 22.8. The van der Waals surface area contributed by atoms with Crippen molar-refractivity contribution in [3.05, 3.63) is 23.8 Å². The van der Waals surface area contributed by atoms with Crippen LogP contribution < -0.4 is 5.32 Å². The van der Waals surface area contributed by atoms with Gasteiger partial charge in [-0.2, -0.15) is 0 Å². The van der Waals surface area contributed by atoms with Gasteiger partial charge in [0.2, 0.25) is 5.91 Å². The number of amides is 1. The predicted molar refractivity (Wildman–Crippen MR) is 65.4 cm³/mol. The molecule has 0 bridgehead atoms. The zero-order chi connectivity index (χ0) is 13.1. The predicted octanol–water partition coefficient (Wildman–Crippen LogP) is 1.92. The summed E-state index contributed by atoms with van der Waals surface area (Å²) >= 11 is 0. The maximum atomic E-state index is 11.6. The molecule has 18 heavy (non-hydrogen) atoms. The van der Waals surface area contributed by atoms with E-state index >= 15 is 0 Å². The molecule has 5 heteroatoms. The molecule has 2 N–H and O–H groups in total. The number of carbonyl (C=O) groups is 2. The van der Waals surface area contributed by atoms with Crippen molar-refractivity contribution in [1.29, 1.82) is 0 Å². The summed E-state index contributed by atoms with van der Waals surface area (Å²) in [6.07, 6.45) is 2.68. The van der Waals surface area contributed by atoms with Gasteiger partial charge in [-0.3, -0.25) is 4.79 Å². The van der Waals surface area contributed by atoms with Crippen molar-refractivity contribution in [3.8, 4) is 5.75 Å². The van der Waals surface area contributed by atoms with Crippen LogP contribution in [0.2, 0.25) is 0 Å². The molecule has 0 heterocycles. The summed E-state index contributed by atoms with van der Waals surface area (Å²) in [6.45, 7) is 0. The number of phenols is 1. The second kappa shape index (κ2) is 5.08. The molecule has 0 unspecified atom stereocenters. The number of ether oxygens (including phenoxy) is 1. The number of carbonyl (C=O) groups excluding carboxylic acids is 2. The van der Waals surface area contributed by atoms with Gasteiger partial charge in [0.25, 0.3) is 0 Å². The van der Waals surface area contributed by atoms with E-state index in [9.17, 15) is 14.7 Å². The SMILES string of the molecule is COC(=O)c1ccc(NC(=O)CC2CC2)c(O)c1. The van der Waals surface area contributed by atoms with E-state index in [2.05, 4.69) is 10.1 Å². The van der Waals surface area contributed by atoms with Crippen LogP contribution in [0.15, 0.2) is 18.2 Å². The fourth-order valence-electron chi connectivity index (χ4n) is 1.67. The molecule has 1 saturated carbocycles. The van der Waals surface area contributed by atoms with Crippen LogP contribution in [0, 0.1) is 5.92 Å². The average molecular weight is 249 g/mol. The molecule has 0 aliphatic heterocycles. The molecule has 0 spiro atoms. The summed E-state index contributed by atoms with van der Waals surface area (Å²) in [5.74, 6) is -0.289. The number of aromatic hydroxyl groups is 1. The molecule has 96 valence electrons. The van der Waals surface area contributed by atoms with Crippen molar-refractivity contribution in [3.63, 3.8) is 0 Å². The van der Waals surface area contributed by atoms with Gasteiger partial charge in [-0.15, -0.1) is 0 Å². The molecule has 0 saturated heterocycles. The first kappa shape index (κ1) is 12.4. The minimum atomic E-state index is -0.527. The lowest BCUT2D eigenvalue weighted by molar-refractivity contribution is -0.116. The Kier molecular flexibility index (Phi) is 3.50. The van der Waals surface area contributed by atoms with Crippen LogP contribution in [0.5, 0.6) is 5.75 Å². The molecule has 2 rings (SSSR count). The van der Waals surface area contributed by atoms with Crippen LogP contribution in [-0.2, 0) is 9.53 Å². The van der Waals surface area contributed by atoms with Crippen LogP contribution in [0.25, 0.3) is 0 Å². The van der Waals surface area contributed by atoms with Crippen molar-refractivity contribution in [2.75, 3.05) is 12.4 Å². The smallest absolute Gasteiger partial charge is 0.337 e. The normalized spacial score (nSPS) is 14.1. The summed E-state index contributed by atoms with van der Waals surface area (Å²) < 4.78 is 4.54. The number of esters is 1. The molecule has 0 atom stereocenters. The highest BCUT2D eigenvalue weighted by molar-refractivity contribution is 5.95. The van der Waals surface area contributed by atoms with Crippen molar-refractivity contribution < 1.29 is 19.4 Å². The van der Waals surface area contributed by atoms with E-state index in [-0.39, 0.29) is 17.2 Å². The van der Waals surface area contributed by atoms with Crippen LogP contribution in [0.1, 0.15) is 29.6 Å². The van der Waals surface area contributed by atoms with Crippen molar-refractivity contribution in [2.45, 2.75) is 19.3 Å². The second-order valence-corrected chi connectivity index (χ2v) is 4.42. The Hall–Kier alpha value is -2.04. The lowest BCUT2D eigenvalue weighted by Crippen LogP contribution is -2.12. The van der Waals surface area contributed by atoms with Crippen LogP contribution in [-0.4, -0.2) is 24.1 Å². The van der Waals surface area contributed by atoms with Gasteiger partial charge in [0, 0.05) is 6.42 Å². The van der Waals surface area contributed by atoms with Crippen molar-refractivity contribution >= 4 is 17.6 Å². The van der Waals surface area contributed by atoms with Gasteiger partial charge in [0.1, 0.15) is 5.75 Å². The number of methoxy groups -OCH3 is 1. The summed E-state index contributed by atoms with van der Waals surface area (Å²) in [6, 6.07) is 4.27. The molecule has 1 aliphatic rings. The Bertz CT molecular complexity index is 480. The minimum absolute atomic E-state index is 0.112. The molecule has 0 aromatic heterocycles. The van der Waals surface area contributed by atoms with E-state index in [1.54, 1.807) is 0 Å². The zero-order valence-corrected chi connectivity index (χ0v) is 10.1. The third-order valence-electron chi connectivity index (χ3n) is 2.86. The third kappa shape index (κ3) is 3.00. The number of phenolic OH excluding ortho intramolecular Hbond substituents is 1. The van der Waals surface area contributed by atoms with Gasteiger partial charge in [0.05, 0.1) is 18.4 Å². The Morgan fingerprint density at radius 3 is 2.72 bits per heavy atom. The fraction of sp³-hybridized carbons (Fsp3) is 0.385. The second-order valence-electron chi connectivity index (χ2n) is 4.42. The molecule has 0 radical (unpaired) electrons. The average Bonchev–Trinajstić information content (AvgIpc) is 3.14. The third-order valence-corrected chi connectivity index (χ3v) is 2.86. The number of hydrogen-bond donors (Lipinski definition) is 2. The van der Waals surface area contributed by atoms with Gasteiger partial charge in [-0.1, -0.05) is 0 Å². The molecule has 1 aromatic rings. The zero-order valence-electron chi connectivity index (χ0n) is 10.1. The van der Waals surface area contributed by atoms with E-state index in [0.29, 0.717) is 18.0 Å². The first-order chi connectivity index (χ1) is 8.60. The highest BCUT2D eigenvalue weighted by atomic mass is 16.5. The molecule has 1 aromatic carbocycles. The van der Waals surface area contributed by atoms with Crippen molar-refractivity contribution in [2.24, 2.45) is 5.92 Å². The van der Waals surface area contributed by atoms with Crippen LogP contribution >= 0.6 is 0 Å². The van der Waals surface area contributed by atoms with E-state index in [4.69, 9.17) is 0 Å². The molecule has 5 nitrogen and oxygen atoms in total. The van der Waals surface area contributed by atoms with Gasteiger partial charge in [0.15, 0.2) is 0 Å². The van der Waals surface area contributed by atoms with E-state index < -0.39 is 5.97 Å². The maximum absolute atomic E-state index is 11.6. The van der Waals surface area contributed by atoms with Crippen molar-refractivity contribution in [1.82, 2.24) is 0 Å². The van der Waals surface area contributed by atoms with Gasteiger partial charge in [-0.25, -0.2) is 4.79 Å². The molecule has 1 fully saturated rings. The van der Waals surface area contributed by atoms with Crippen LogP contribution in [0.3, 0.4) is 0 Å². The molecular formula is C13H15NO4. The fourth-order valence-corrected chi connectivity index (χ4v) is 1.67. The molecular weight excluding hydrogens is 234 g/mol. The quantitative estimate of drug-likeness (QED) is 0.631. The highest BCUT2D eigenvalue weighted by Gasteiger charge is 2.24. The van der Waals surface area contributed by atoms with E-state index in [1.165, 1.54) is 25.3 Å². The monoisotopic (exact) mass is 249 g/mol. The maximum Gasteiger partial charge on any atom is 0.337 e.